The molecule has 0 fully saturated rings. The number of halogens is 1. The molecule has 0 aliphatic rings. The Hall–Kier alpha value is 0.740. The molecule has 0 unspecified atom stereocenters. The first kappa shape index (κ1) is 8.74. The fraction of sp³-hybridized carbons (Fsp3) is 1.00. The van der Waals surface area contributed by atoms with Gasteiger partial charge in [-0.25, -0.2) is 8.42 Å². The van der Waals surface area contributed by atoms with E-state index in [0.717, 1.165) is 20.3 Å². The summed E-state index contributed by atoms with van der Waals surface area (Å²) in [6.45, 7) is 0. The maximum absolute atomic E-state index is 10.4. The zero-order valence-corrected chi connectivity index (χ0v) is 7.68. The SMILES string of the molecule is CN(SBr)S(C)(=O)=O. The Morgan fingerprint density at radius 2 is 2.00 bits per heavy atom. The van der Waals surface area contributed by atoms with Gasteiger partial charge in [-0.2, -0.15) is 0 Å². The van der Waals surface area contributed by atoms with Crippen LogP contribution >= 0.6 is 25.2 Å². The highest BCUT2D eigenvalue weighted by atomic mass is 79.9. The first-order chi connectivity index (χ1) is 3.48. The van der Waals surface area contributed by atoms with Crippen LogP contribution in [0.4, 0.5) is 0 Å². The molecule has 50 valence electrons. The standard InChI is InChI=1S/C2H6BrNO2S2/c1-4(7-3)8(2,5)6/h1-2H3. The Bertz CT molecular complexity index is 153. The summed E-state index contributed by atoms with van der Waals surface area (Å²) >= 11 is 2.91. The monoisotopic (exact) mass is 219 g/mol. The number of nitrogens with zero attached hydrogens (tertiary/aromatic N) is 1. The van der Waals surface area contributed by atoms with E-state index in [1.807, 2.05) is 0 Å². The van der Waals surface area contributed by atoms with E-state index in [2.05, 4.69) is 14.8 Å². The Morgan fingerprint density at radius 1 is 1.62 bits per heavy atom. The van der Waals surface area contributed by atoms with Gasteiger partial charge in [-0.15, -0.1) is 3.71 Å². The molecule has 0 N–H and O–H groups in total. The molecule has 0 saturated heterocycles. The Labute approximate surface area is 60.8 Å². The molecule has 0 spiro atoms. The zero-order valence-electron chi connectivity index (χ0n) is 4.46. The van der Waals surface area contributed by atoms with Gasteiger partial charge in [0.05, 0.1) is 6.26 Å². The van der Waals surface area contributed by atoms with Crippen LogP contribution in [0.3, 0.4) is 0 Å². The topological polar surface area (TPSA) is 37.4 Å². The summed E-state index contributed by atoms with van der Waals surface area (Å²) < 4.78 is 22.0. The lowest BCUT2D eigenvalue weighted by molar-refractivity contribution is 0.572. The molecule has 0 heterocycles. The third kappa shape index (κ3) is 2.91. The summed E-state index contributed by atoms with van der Waals surface area (Å²) in [5, 5.41) is 0. The first-order valence-electron chi connectivity index (χ1n) is 1.71. The van der Waals surface area contributed by atoms with Crippen molar-refractivity contribution in [2.24, 2.45) is 0 Å². The normalized spacial score (nSPS) is 12.5. The van der Waals surface area contributed by atoms with Gasteiger partial charge in [0.2, 0.25) is 10.0 Å². The zero-order chi connectivity index (χ0) is 6.78. The molecule has 0 aromatic carbocycles. The molecule has 0 bridgehead atoms. The van der Waals surface area contributed by atoms with Crippen LogP contribution in [0.15, 0.2) is 0 Å². The van der Waals surface area contributed by atoms with Gasteiger partial charge >= 0.3 is 0 Å². The molecule has 3 nitrogen and oxygen atoms in total. The van der Waals surface area contributed by atoms with Crippen molar-refractivity contribution in [2.75, 3.05) is 13.3 Å². The quantitative estimate of drug-likeness (QED) is 0.647. The smallest absolute Gasteiger partial charge is 0.212 e. The van der Waals surface area contributed by atoms with Crippen molar-refractivity contribution in [2.45, 2.75) is 0 Å². The molecule has 0 aromatic rings. The van der Waals surface area contributed by atoms with E-state index in [1.165, 1.54) is 7.05 Å². The molecule has 0 aliphatic heterocycles. The van der Waals surface area contributed by atoms with Crippen LogP contribution in [0.2, 0.25) is 0 Å². The molecule has 0 rings (SSSR count). The Kier molecular flexibility index (Phi) is 3.33. The summed E-state index contributed by atoms with van der Waals surface area (Å²) in [6.07, 6.45) is 1.14. The molecule has 0 atom stereocenters. The maximum atomic E-state index is 10.4. The Morgan fingerprint density at radius 3 is 2.00 bits per heavy atom. The highest BCUT2D eigenvalue weighted by molar-refractivity contribution is 9.50. The van der Waals surface area contributed by atoms with Crippen LogP contribution in [-0.2, 0) is 10.0 Å². The van der Waals surface area contributed by atoms with Gasteiger partial charge in [0.1, 0.15) is 0 Å². The first-order valence-corrected chi connectivity index (χ1v) is 6.17. The minimum Gasteiger partial charge on any atom is -0.212 e. The lowest BCUT2D eigenvalue weighted by Gasteiger charge is -2.05. The lowest BCUT2D eigenvalue weighted by atomic mass is 11.6. The largest absolute Gasteiger partial charge is 0.220 e. The molecule has 0 radical (unpaired) electrons. The highest BCUT2D eigenvalue weighted by Crippen LogP contribution is 2.17. The van der Waals surface area contributed by atoms with E-state index < -0.39 is 10.0 Å². The van der Waals surface area contributed by atoms with E-state index in [9.17, 15) is 8.42 Å². The minimum absolute atomic E-state index is 0.990. The number of sulfonamides is 1. The van der Waals surface area contributed by atoms with Gasteiger partial charge in [0.25, 0.3) is 0 Å². The third-order valence-electron chi connectivity index (χ3n) is 0.564. The van der Waals surface area contributed by atoms with Crippen molar-refractivity contribution in [3.63, 3.8) is 0 Å². The van der Waals surface area contributed by atoms with Crippen molar-refractivity contribution in [1.29, 1.82) is 0 Å². The van der Waals surface area contributed by atoms with Gasteiger partial charge in [-0.3, -0.25) is 0 Å². The van der Waals surface area contributed by atoms with E-state index >= 15 is 0 Å². The second-order valence-corrected chi connectivity index (χ2v) is 5.04. The predicted octanol–water partition coefficient (Wildman–Crippen LogP) is 0.836. The van der Waals surface area contributed by atoms with Gasteiger partial charge in [0, 0.05) is 32.2 Å². The molecule has 0 aliphatic carbocycles. The van der Waals surface area contributed by atoms with Gasteiger partial charge in [-0.1, -0.05) is 0 Å². The van der Waals surface area contributed by atoms with E-state index in [-0.39, 0.29) is 0 Å². The number of hydrogen-bond acceptors (Lipinski definition) is 3. The summed E-state index contributed by atoms with van der Waals surface area (Å²) in [4.78, 5) is 0. The fourth-order valence-electron chi connectivity index (χ4n) is 0.0512. The summed E-state index contributed by atoms with van der Waals surface area (Å²) in [6, 6.07) is 0. The second kappa shape index (κ2) is 3.05. The van der Waals surface area contributed by atoms with Crippen LogP contribution in [0.5, 0.6) is 0 Å². The fourth-order valence-corrected chi connectivity index (χ4v) is 2.39. The molecule has 8 heavy (non-hydrogen) atoms. The maximum Gasteiger partial charge on any atom is 0.220 e. The average molecular weight is 220 g/mol. The molecule has 0 amide bonds. The van der Waals surface area contributed by atoms with Crippen molar-refractivity contribution in [3.8, 4) is 0 Å². The average Bonchev–Trinajstić information content (AvgIpc) is 1.62. The van der Waals surface area contributed by atoms with Crippen molar-refractivity contribution in [3.05, 3.63) is 0 Å². The molecule has 0 aromatic heterocycles. The van der Waals surface area contributed by atoms with Crippen LogP contribution in [0, 0.1) is 0 Å². The minimum atomic E-state index is -3.00. The molecule has 6 heteroatoms. The third-order valence-corrected chi connectivity index (χ3v) is 4.61. The Balaban J connectivity index is 4.04. The van der Waals surface area contributed by atoms with Gasteiger partial charge in [-0.05, 0) is 0 Å². The highest BCUT2D eigenvalue weighted by Gasteiger charge is 2.08. The van der Waals surface area contributed by atoms with Crippen molar-refractivity contribution in [1.82, 2.24) is 3.71 Å². The number of rotatable bonds is 2. The molecule has 0 saturated carbocycles. The predicted molar refractivity (Wildman–Crippen MR) is 39.1 cm³/mol. The second-order valence-electron chi connectivity index (χ2n) is 1.24. The van der Waals surface area contributed by atoms with Crippen molar-refractivity contribution >= 4 is 35.2 Å². The van der Waals surface area contributed by atoms with E-state index in [1.54, 1.807) is 0 Å². The van der Waals surface area contributed by atoms with Gasteiger partial charge in [0.15, 0.2) is 0 Å². The van der Waals surface area contributed by atoms with E-state index in [0.29, 0.717) is 0 Å². The number of hydrogen-bond donors (Lipinski definition) is 0. The summed E-state index contributed by atoms with van der Waals surface area (Å²) in [7, 11) is -0.547. The van der Waals surface area contributed by atoms with Crippen LogP contribution < -0.4 is 0 Å². The van der Waals surface area contributed by atoms with Crippen LogP contribution in [0.25, 0.3) is 0 Å². The van der Waals surface area contributed by atoms with Gasteiger partial charge < -0.3 is 0 Å². The van der Waals surface area contributed by atoms with Crippen LogP contribution in [-0.4, -0.2) is 25.4 Å². The van der Waals surface area contributed by atoms with Crippen LogP contribution in [0.1, 0.15) is 0 Å². The molecular weight excluding hydrogens is 214 g/mol. The van der Waals surface area contributed by atoms with Crippen molar-refractivity contribution < 1.29 is 8.42 Å². The molecular formula is C2H6BrNO2S2. The van der Waals surface area contributed by atoms with E-state index in [4.69, 9.17) is 0 Å². The summed E-state index contributed by atoms with van der Waals surface area (Å²) in [5.41, 5.74) is 0. The summed E-state index contributed by atoms with van der Waals surface area (Å²) in [5.74, 6) is 0. The lowest BCUT2D eigenvalue weighted by Crippen LogP contribution is -2.15.